The fourth-order valence-corrected chi connectivity index (χ4v) is 10.6. The van der Waals surface area contributed by atoms with Crippen molar-refractivity contribution in [3.8, 4) is 0 Å². The molecule has 4 bridgehead atoms. The van der Waals surface area contributed by atoms with Crippen LogP contribution in [0.25, 0.3) is 0 Å². The normalized spacial score (nSPS) is 34.6. The van der Waals surface area contributed by atoms with Crippen LogP contribution in [0.5, 0.6) is 0 Å². The van der Waals surface area contributed by atoms with Gasteiger partial charge in [0.15, 0.2) is 0 Å². The average Bonchev–Trinajstić information content (AvgIpc) is 3.78. The molecule has 4 saturated heterocycles. The topological polar surface area (TPSA) is 101 Å². The van der Waals surface area contributed by atoms with Crippen molar-refractivity contribution in [3.63, 3.8) is 0 Å². The molecule has 0 spiro atoms. The smallest absolute Gasteiger partial charge is 0.269 e. The highest BCUT2D eigenvalue weighted by molar-refractivity contribution is 7.86. The van der Waals surface area contributed by atoms with Crippen molar-refractivity contribution >= 4 is 10.1 Å². The predicted octanol–water partition coefficient (Wildman–Crippen LogP) is 7.12. The van der Waals surface area contributed by atoms with E-state index in [-0.39, 0.29) is 30.8 Å². The van der Waals surface area contributed by atoms with Crippen molar-refractivity contribution in [1.29, 1.82) is 0 Å². The molecule has 0 amide bonds. The lowest BCUT2D eigenvalue weighted by atomic mass is 9.61. The maximum atomic E-state index is 13.4. The Morgan fingerprint density at radius 3 is 2.04 bits per heavy atom. The molecule has 7 unspecified atom stereocenters. The van der Waals surface area contributed by atoms with E-state index in [9.17, 15) is 13.5 Å². The third kappa shape index (κ3) is 6.31. The molecule has 1 N–H and O–H groups in total. The van der Waals surface area contributed by atoms with Crippen molar-refractivity contribution < 1.29 is 36.7 Å². The molecule has 0 aromatic heterocycles. The number of ether oxygens (including phenoxy) is 4. The van der Waals surface area contributed by atoms with E-state index >= 15 is 0 Å². The summed E-state index contributed by atoms with van der Waals surface area (Å²) in [6, 6.07) is 20.2. The van der Waals surface area contributed by atoms with Gasteiger partial charge in [-0.25, -0.2) is 0 Å². The zero-order valence-corrected chi connectivity index (χ0v) is 30.5. The highest BCUT2D eigenvalue weighted by atomic mass is 32.2. The van der Waals surface area contributed by atoms with Gasteiger partial charge >= 0.3 is 0 Å². The predicted molar refractivity (Wildman–Crippen MR) is 185 cm³/mol. The van der Waals surface area contributed by atoms with E-state index in [0.29, 0.717) is 19.6 Å². The molecule has 4 fully saturated rings. The molecular weight excluding hydrogens is 628 g/mol. The van der Waals surface area contributed by atoms with Crippen molar-refractivity contribution in [1.82, 2.24) is 0 Å². The summed E-state index contributed by atoms with van der Waals surface area (Å²) >= 11 is 0. The molecule has 0 radical (unpaired) electrons. The summed E-state index contributed by atoms with van der Waals surface area (Å²) in [6.45, 7) is 13.5. The van der Waals surface area contributed by atoms with Gasteiger partial charge in [0, 0.05) is 23.7 Å². The van der Waals surface area contributed by atoms with Crippen molar-refractivity contribution in [2.45, 2.75) is 147 Å². The molecule has 7 atom stereocenters. The zero-order valence-electron chi connectivity index (χ0n) is 29.7. The van der Waals surface area contributed by atoms with E-state index in [1.165, 1.54) is 0 Å². The van der Waals surface area contributed by atoms with Gasteiger partial charge in [0.05, 0.1) is 60.5 Å². The number of benzene rings is 2. The quantitative estimate of drug-likeness (QED) is 0.187. The first-order chi connectivity index (χ1) is 22.7. The fraction of sp³-hybridized carbons (Fsp3) is 0.692. The van der Waals surface area contributed by atoms with Crippen LogP contribution in [-0.4, -0.2) is 66.6 Å². The minimum atomic E-state index is -4.05. The maximum absolute atomic E-state index is 13.4. The minimum Gasteiger partial charge on any atom is -0.392 e. The molecule has 2 aromatic carbocycles. The van der Waals surface area contributed by atoms with Gasteiger partial charge in [-0.1, -0.05) is 102 Å². The summed E-state index contributed by atoms with van der Waals surface area (Å²) in [5.41, 5.74) is -0.918. The standard InChI is InChI=1S/C39H56O8S/c1-7-36-19-21-38(46-36,24-32(36)43-25-29-15-11-9-12-16-29)34(3,4)28-45-48(41,42)27-31(40)23-39-22-20-37(8-2,47-39)33(35(39,5)6)44-26-30-17-13-10-14-18-30/h9-18,31-33,40H,7-8,19-28H2,1-6H3. The van der Waals surface area contributed by atoms with Crippen LogP contribution in [0.3, 0.4) is 0 Å². The second-order valence-electron chi connectivity index (χ2n) is 16.1. The maximum Gasteiger partial charge on any atom is 0.269 e. The molecule has 0 saturated carbocycles. The Hall–Kier alpha value is -1.85. The highest BCUT2D eigenvalue weighted by Crippen LogP contribution is 2.64. The van der Waals surface area contributed by atoms with E-state index in [1.54, 1.807) is 0 Å². The molecular formula is C39H56O8S. The van der Waals surface area contributed by atoms with E-state index in [0.717, 1.165) is 49.7 Å². The minimum absolute atomic E-state index is 0.0330. The number of hydrogen-bond donors (Lipinski definition) is 1. The third-order valence-corrected chi connectivity index (χ3v) is 13.9. The van der Waals surface area contributed by atoms with Gasteiger partial charge in [0.2, 0.25) is 0 Å². The molecule has 4 heterocycles. The Kier molecular flexibility index (Phi) is 9.77. The summed E-state index contributed by atoms with van der Waals surface area (Å²) in [5.74, 6) is -0.492. The van der Waals surface area contributed by atoms with Crippen LogP contribution in [0, 0.1) is 10.8 Å². The molecule has 8 nitrogen and oxygen atoms in total. The SMILES string of the molecule is CCC12CCC(C(C)(C)COS(=O)(=O)CC(O)CC34CCC(CC)(O3)C(OCc3ccccc3)C4(C)C)(CC1OCc1ccccc1)O2. The van der Waals surface area contributed by atoms with Crippen LogP contribution < -0.4 is 0 Å². The van der Waals surface area contributed by atoms with Gasteiger partial charge < -0.3 is 24.1 Å². The molecule has 48 heavy (non-hydrogen) atoms. The number of aliphatic hydroxyl groups is 1. The first-order valence-corrected chi connectivity index (χ1v) is 19.5. The van der Waals surface area contributed by atoms with Crippen LogP contribution in [0.2, 0.25) is 0 Å². The zero-order chi connectivity index (χ0) is 34.5. The van der Waals surface area contributed by atoms with Gasteiger partial charge in [-0.2, -0.15) is 8.42 Å². The Morgan fingerprint density at radius 1 is 0.854 bits per heavy atom. The third-order valence-electron chi connectivity index (χ3n) is 12.7. The Balaban J connectivity index is 1.07. The first kappa shape index (κ1) is 36.0. The van der Waals surface area contributed by atoms with Crippen LogP contribution >= 0.6 is 0 Å². The summed E-state index contributed by atoms with van der Waals surface area (Å²) in [6.07, 6.45) is 4.35. The van der Waals surface area contributed by atoms with Gasteiger partial charge in [-0.3, -0.25) is 4.18 Å². The van der Waals surface area contributed by atoms with Crippen LogP contribution in [0.1, 0.15) is 104 Å². The Bertz CT molecular complexity index is 1510. The van der Waals surface area contributed by atoms with E-state index < -0.39 is 49.6 Å². The fourth-order valence-electron chi connectivity index (χ4n) is 9.46. The summed E-state index contributed by atoms with van der Waals surface area (Å²) in [7, 11) is -4.05. The lowest BCUT2D eigenvalue weighted by Crippen LogP contribution is -2.53. The largest absolute Gasteiger partial charge is 0.392 e. The highest BCUT2D eigenvalue weighted by Gasteiger charge is 2.71. The van der Waals surface area contributed by atoms with Gasteiger partial charge in [-0.05, 0) is 49.7 Å². The molecule has 266 valence electrons. The van der Waals surface area contributed by atoms with Crippen molar-refractivity contribution in [3.05, 3.63) is 71.8 Å². The number of rotatable bonds is 16. The Morgan fingerprint density at radius 2 is 1.44 bits per heavy atom. The van der Waals surface area contributed by atoms with Crippen LogP contribution in [-0.2, 0) is 46.5 Å². The first-order valence-electron chi connectivity index (χ1n) is 17.9. The van der Waals surface area contributed by atoms with Gasteiger partial charge in [0.1, 0.15) is 5.75 Å². The summed E-state index contributed by atoms with van der Waals surface area (Å²) < 4.78 is 59.3. The van der Waals surface area contributed by atoms with E-state index in [2.05, 4.69) is 52.0 Å². The number of hydrogen-bond acceptors (Lipinski definition) is 8. The molecule has 6 rings (SSSR count). The molecule has 9 heteroatoms. The lowest BCUT2D eigenvalue weighted by molar-refractivity contribution is -0.135. The second-order valence-corrected chi connectivity index (χ2v) is 17.8. The second kappa shape index (κ2) is 13.0. The molecule has 2 aromatic rings. The molecule has 4 aliphatic heterocycles. The van der Waals surface area contributed by atoms with Gasteiger partial charge in [-0.15, -0.1) is 0 Å². The number of fused-ring (bicyclic) bond motifs is 4. The average molecular weight is 685 g/mol. The van der Waals surface area contributed by atoms with Crippen molar-refractivity contribution in [2.24, 2.45) is 10.8 Å². The number of aliphatic hydroxyl groups excluding tert-OH is 1. The summed E-state index contributed by atoms with van der Waals surface area (Å²) in [5, 5.41) is 11.3. The van der Waals surface area contributed by atoms with Crippen molar-refractivity contribution in [2.75, 3.05) is 12.4 Å². The van der Waals surface area contributed by atoms with Crippen LogP contribution in [0.4, 0.5) is 0 Å². The monoisotopic (exact) mass is 684 g/mol. The van der Waals surface area contributed by atoms with Crippen LogP contribution in [0.15, 0.2) is 60.7 Å². The summed E-state index contributed by atoms with van der Waals surface area (Å²) in [4.78, 5) is 0. The lowest BCUT2D eigenvalue weighted by Gasteiger charge is -2.45. The van der Waals surface area contributed by atoms with E-state index in [1.807, 2.05) is 50.2 Å². The van der Waals surface area contributed by atoms with E-state index in [4.69, 9.17) is 23.1 Å². The van der Waals surface area contributed by atoms with Gasteiger partial charge in [0.25, 0.3) is 10.1 Å². The molecule has 4 aliphatic rings. The Labute approximate surface area is 288 Å². The molecule has 0 aliphatic carbocycles.